The van der Waals surface area contributed by atoms with Gasteiger partial charge in [-0.25, -0.2) is 0 Å². The maximum Gasteiger partial charge on any atom is 0.416 e. The summed E-state index contributed by atoms with van der Waals surface area (Å²) < 4.78 is 45.6. The van der Waals surface area contributed by atoms with Crippen LogP contribution in [0.4, 0.5) is 18.9 Å². The van der Waals surface area contributed by atoms with E-state index in [9.17, 15) is 18.0 Å². The first-order chi connectivity index (χ1) is 12.8. The fraction of sp³-hybridized carbons (Fsp3) is 0.316. The Labute approximate surface area is 171 Å². The van der Waals surface area contributed by atoms with Gasteiger partial charge in [-0.15, -0.1) is 12.4 Å². The fourth-order valence-corrected chi connectivity index (χ4v) is 3.30. The molecule has 0 fully saturated rings. The van der Waals surface area contributed by atoms with Crippen molar-refractivity contribution in [3.8, 4) is 5.75 Å². The minimum absolute atomic E-state index is 0. The van der Waals surface area contributed by atoms with Gasteiger partial charge in [0, 0.05) is 17.8 Å². The predicted molar refractivity (Wildman–Crippen MR) is 105 cm³/mol. The van der Waals surface area contributed by atoms with E-state index in [1.54, 1.807) is 19.1 Å². The van der Waals surface area contributed by atoms with E-state index in [1.165, 1.54) is 12.1 Å². The highest BCUT2D eigenvalue weighted by molar-refractivity contribution is 6.32. The highest BCUT2D eigenvalue weighted by Gasteiger charge is 2.35. The number of ether oxygens (including phenoxy) is 1. The third kappa shape index (κ3) is 4.90. The SMILES string of the molecule is CCOc1ccc(C(=O)Nc2cc3c(c(C(F)(F)F)c2)CCNC3)cc1Cl.Cl. The van der Waals surface area contributed by atoms with Crippen LogP contribution in [0.1, 0.15) is 34.0 Å². The van der Waals surface area contributed by atoms with Crippen LogP contribution in [-0.2, 0) is 19.1 Å². The summed E-state index contributed by atoms with van der Waals surface area (Å²) in [4.78, 5) is 12.5. The summed E-state index contributed by atoms with van der Waals surface area (Å²) in [6, 6.07) is 7.05. The molecule has 0 bridgehead atoms. The van der Waals surface area contributed by atoms with Gasteiger partial charge in [-0.2, -0.15) is 13.2 Å². The first-order valence-electron chi connectivity index (χ1n) is 8.47. The molecule has 4 nitrogen and oxygen atoms in total. The van der Waals surface area contributed by atoms with Gasteiger partial charge in [0.1, 0.15) is 5.75 Å². The van der Waals surface area contributed by atoms with E-state index >= 15 is 0 Å². The van der Waals surface area contributed by atoms with Crippen molar-refractivity contribution < 1.29 is 22.7 Å². The highest BCUT2D eigenvalue weighted by atomic mass is 35.5. The number of hydrogen-bond donors (Lipinski definition) is 2. The van der Waals surface area contributed by atoms with Gasteiger partial charge in [-0.3, -0.25) is 4.79 Å². The summed E-state index contributed by atoms with van der Waals surface area (Å²) in [6.45, 7) is 3.05. The Bertz CT molecular complexity index is 873. The van der Waals surface area contributed by atoms with Crippen LogP contribution in [0.15, 0.2) is 30.3 Å². The fourth-order valence-electron chi connectivity index (χ4n) is 3.06. The molecule has 0 unspecified atom stereocenters. The van der Waals surface area contributed by atoms with Crippen LogP contribution >= 0.6 is 24.0 Å². The van der Waals surface area contributed by atoms with Crippen molar-refractivity contribution >= 4 is 35.6 Å². The van der Waals surface area contributed by atoms with Crippen LogP contribution in [-0.4, -0.2) is 19.1 Å². The molecular formula is C19H19Cl2F3N2O2. The number of hydrogen-bond acceptors (Lipinski definition) is 3. The summed E-state index contributed by atoms with van der Waals surface area (Å²) in [7, 11) is 0. The van der Waals surface area contributed by atoms with Crippen LogP contribution < -0.4 is 15.4 Å². The molecule has 1 aliphatic rings. The quantitative estimate of drug-likeness (QED) is 0.705. The van der Waals surface area contributed by atoms with Gasteiger partial charge >= 0.3 is 6.18 Å². The monoisotopic (exact) mass is 434 g/mol. The van der Waals surface area contributed by atoms with E-state index in [4.69, 9.17) is 16.3 Å². The first-order valence-corrected chi connectivity index (χ1v) is 8.84. The molecule has 2 aromatic rings. The Kier molecular flexibility index (Phi) is 7.20. The van der Waals surface area contributed by atoms with Crippen LogP contribution in [0.3, 0.4) is 0 Å². The molecule has 0 saturated carbocycles. The molecule has 2 aromatic carbocycles. The van der Waals surface area contributed by atoms with Crippen molar-refractivity contribution in [1.82, 2.24) is 5.32 Å². The average molecular weight is 435 g/mol. The molecule has 1 aliphatic heterocycles. The number of anilines is 1. The second-order valence-electron chi connectivity index (χ2n) is 6.12. The van der Waals surface area contributed by atoms with Gasteiger partial charge in [0.25, 0.3) is 5.91 Å². The summed E-state index contributed by atoms with van der Waals surface area (Å²) >= 11 is 6.07. The number of alkyl halides is 3. The number of nitrogens with one attached hydrogen (secondary N) is 2. The van der Waals surface area contributed by atoms with Gasteiger partial charge in [-0.1, -0.05) is 11.6 Å². The van der Waals surface area contributed by atoms with Crippen molar-refractivity contribution in [2.24, 2.45) is 0 Å². The zero-order valence-corrected chi connectivity index (χ0v) is 16.5. The number of carbonyl (C=O) groups is 1. The number of carbonyl (C=O) groups excluding carboxylic acids is 1. The van der Waals surface area contributed by atoms with Crippen LogP contribution in [0.25, 0.3) is 0 Å². The summed E-state index contributed by atoms with van der Waals surface area (Å²) in [5, 5.41) is 5.84. The third-order valence-electron chi connectivity index (χ3n) is 4.27. The summed E-state index contributed by atoms with van der Waals surface area (Å²) in [5.74, 6) is -0.105. The molecular weight excluding hydrogens is 416 g/mol. The van der Waals surface area contributed by atoms with Gasteiger partial charge in [0.05, 0.1) is 17.2 Å². The lowest BCUT2D eigenvalue weighted by atomic mass is 9.94. The molecule has 0 atom stereocenters. The number of benzene rings is 2. The lowest BCUT2D eigenvalue weighted by molar-refractivity contribution is -0.138. The zero-order chi connectivity index (χ0) is 19.6. The molecule has 9 heteroatoms. The van der Waals surface area contributed by atoms with Crippen molar-refractivity contribution in [1.29, 1.82) is 0 Å². The van der Waals surface area contributed by atoms with Crippen molar-refractivity contribution in [3.63, 3.8) is 0 Å². The average Bonchev–Trinajstić information content (AvgIpc) is 2.62. The summed E-state index contributed by atoms with van der Waals surface area (Å²) in [5.41, 5.74) is 0.439. The topological polar surface area (TPSA) is 50.4 Å². The molecule has 1 heterocycles. The predicted octanol–water partition coefficient (Wildman–Crippen LogP) is 5.08. The number of halogens is 5. The summed E-state index contributed by atoms with van der Waals surface area (Å²) in [6.07, 6.45) is -4.18. The lowest BCUT2D eigenvalue weighted by Gasteiger charge is -2.23. The largest absolute Gasteiger partial charge is 0.492 e. The van der Waals surface area contributed by atoms with Crippen LogP contribution in [0, 0.1) is 0 Å². The van der Waals surface area contributed by atoms with E-state index in [0.29, 0.717) is 37.4 Å². The molecule has 3 rings (SSSR count). The smallest absolute Gasteiger partial charge is 0.416 e. The second kappa shape index (κ2) is 9.03. The third-order valence-corrected chi connectivity index (χ3v) is 4.56. The Hall–Kier alpha value is -1.96. The first kappa shape index (κ1) is 22.3. The molecule has 0 aliphatic carbocycles. The highest BCUT2D eigenvalue weighted by Crippen LogP contribution is 2.37. The Morgan fingerprint density at radius 2 is 2.04 bits per heavy atom. The minimum Gasteiger partial charge on any atom is -0.492 e. The van der Waals surface area contributed by atoms with Gasteiger partial charge in [0.15, 0.2) is 0 Å². The van der Waals surface area contributed by atoms with Crippen molar-refractivity contribution in [3.05, 3.63) is 57.6 Å². The maximum atomic E-state index is 13.4. The van der Waals surface area contributed by atoms with E-state index in [1.807, 2.05) is 0 Å². The molecule has 0 aromatic heterocycles. The van der Waals surface area contributed by atoms with Crippen molar-refractivity contribution in [2.45, 2.75) is 26.1 Å². The second-order valence-corrected chi connectivity index (χ2v) is 6.53. The van der Waals surface area contributed by atoms with Crippen LogP contribution in [0.5, 0.6) is 5.75 Å². The Balaban J connectivity index is 0.00000280. The van der Waals surface area contributed by atoms with E-state index in [0.717, 1.165) is 6.07 Å². The van der Waals surface area contributed by atoms with Gasteiger partial charge in [-0.05, 0) is 61.3 Å². The molecule has 152 valence electrons. The Morgan fingerprint density at radius 1 is 1.29 bits per heavy atom. The van der Waals surface area contributed by atoms with E-state index < -0.39 is 17.6 Å². The molecule has 0 radical (unpaired) electrons. The minimum atomic E-state index is -4.48. The standard InChI is InChI=1S/C19H18ClF3N2O2.ClH/c1-2-27-17-4-3-11(8-16(17)20)18(26)25-13-7-12-10-24-6-5-14(12)15(9-13)19(21,22)23;/h3-4,7-9,24H,2,5-6,10H2,1H3,(H,25,26);1H. The van der Waals surface area contributed by atoms with E-state index in [2.05, 4.69) is 10.6 Å². The maximum absolute atomic E-state index is 13.4. The number of amides is 1. The molecule has 2 N–H and O–H groups in total. The van der Waals surface area contributed by atoms with Crippen molar-refractivity contribution in [2.75, 3.05) is 18.5 Å². The van der Waals surface area contributed by atoms with Gasteiger partial charge < -0.3 is 15.4 Å². The molecule has 28 heavy (non-hydrogen) atoms. The normalized spacial score (nSPS) is 13.3. The number of rotatable bonds is 4. The Morgan fingerprint density at radius 3 is 2.68 bits per heavy atom. The van der Waals surface area contributed by atoms with E-state index in [-0.39, 0.29) is 34.2 Å². The lowest BCUT2D eigenvalue weighted by Crippen LogP contribution is -2.27. The molecule has 0 spiro atoms. The zero-order valence-electron chi connectivity index (χ0n) is 15.0. The van der Waals surface area contributed by atoms with Crippen LogP contribution in [0.2, 0.25) is 5.02 Å². The van der Waals surface area contributed by atoms with Gasteiger partial charge in [0.2, 0.25) is 0 Å². The molecule has 1 amide bonds. The molecule has 0 saturated heterocycles. The number of fused-ring (bicyclic) bond motifs is 1.